The summed E-state index contributed by atoms with van der Waals surface area (Å²) in [4.78, 5) is 2.17. The fourth-order valence-electron chi connectivity index (χ4n) is 2.04. The van der Waals surface area contributed by atoms with Crippen LogP contribution in [0.1, 0.15) is 46.1 Å². The molecule has 2 N–H and O–H groups in total. The standard InChI is InChI=1S/C17H30N2O/c1-13(2)15-9-7-8-10-16(15)18-11-14(20)12-19(6)17(3,4)5/h7-10,13-14,18,20H,11-12H2,1-6H3. The van der Waals surface area contributed by atoms with Gasteiger partial charge in [0.2, 0.25) is 0 Å². The second-order valence-corrected chi connectivity index (χ2v) is 6.83. The van der Waals surface area contributed by atoms with Crippen LogP contribution in [0.25, 0.3) is 0 Å². The number of para-hydroxylation sites is 1. The number of aliphatic hydroxyl groups is 1. The van der Waals surface area contributed by atoms with Gasteiger partial charge in [-0.05, 0) is 45.4 Å². The number of rotatable bonds is 6. The van der Waals surface area contributed by atoms with Crippen molar-refractivity contribution in [1.29, 1.82) is 0 Å². The largest absolute Gasteiger partial charge is 0.390 e. The summed E-state index contributed by atoms with van der Waals surface area (Å²) in [6.45, 7) is 12.1. The summed E-state index contributed by atoms with van der Waals surface area (Å²) in [6, 6.07) is 8.31. The molecular weight excluding hydrogens is 248 g/mol. The second-order valence-electron chi connectivity index (χ2n) is 6.83. The maximum absolute atomic E-state index is 10.2. The molecule has 0 fully saturated rings. The first-order valence-corrected chi connectivity index (χ1v) is 7.44. The van der Waals surface area contributed by atoms with Crippen molar-refractivity contribution in [3.05, 3.63) is 29.8 Å². The average Bonchev–Trinajstić information content (AvgIpc) is 2.35. The predicted octanol–water partition coefficient (Wildman–Crippen LogP) is 3.31. The highest BCUT2D eigenvalue weighted by Crippen LogP contribution is 2.23. The van der Waals surface area contributed by atoms with E-state index in [2.05, 4.69) is 63.0 Å². The highest BCUT2D eigenvalue weighted by molar-refractivity contribution is 5.52. The predicted molar refractivity (Wildman–Crippen MR) is 87.4 cm³/mol. The van der Waals surface area contributed by atoms with Crippen LogP contribution in [0, 0.1) is 0 Å². The van der Waals surface area contributed by atoms with Crippen molar-refractivity contribution < 1.29 is 5.11 Å². The summed E-state index contributed by atoms with van der Waals surface area (Å²) in [5.74, 6) is 0.480. The van der Waals surface area contributed by atoms with Crippen molar-refractivity contribution in [2.24, 2.45) is 0 Å². The molecule has 0 radical (unpaired) electrons. The van der Waals surface area contributed by atoms with Crippen molar-refractivity contribution in [2.75, 3.05) is 25.5 Å². The van der Waals surface area contributed by atoms with Gasteiger partial charge in [0.05, 0.1) is 6.10 Å². The van der Waals surface area contributed by atoms with Gasteiger partial charge in [-0.25, -0.2) is 0 Å². The number of nitrogens with one attached hydrogen (secondary N) is 1. The molecule has 3 heteroatoms. The number of benzene rings is 1. The average molecular weight is 278 g/mol. The van der Waals surface area contributed by atoms with Gasteiger partial charge in [-0.15, -0.1) is 0 Å². The molecule has 0 aliphatic carbocycles. The molecule has 1 atom stereocenters. The molecule has 0 bridgehead atoms. The molecule has 0 aromatic heterocycles. The SMILES string of the molecule is CC(C)c1ccccc1NCC(O)CN(C)C(C)(C)C. The van der Waals surface area contributed by atoms with Crippen LogP contribution in [0.3, 0.4) is 0 Å². The van der Waals surface area contributed by atoms with Crippen LogP contribution in [0.2, 0.25) is 0 Å². The van der Waals surface area contributed by atoms with E-state index >= 15 is 0 Å². The molecule has 0 saturated heterocycles. The lowest BCUT2D eigenvalue weighted by molar-refractivity contribution is 0.0861. The van der Waals surface area contributed by atoms with E-state index in [9.17, 15) is 5.11 Å². The Kier molecular flexibility index (Phi) is 6.03. The van der Waals surface area contributed by atoms with Crippen LogP contribution < -0.4 is 5.32 Å². The molecule has 1 aromatic rings. The van der Waals surface area contributed by atoms with Crippen LogP contribution in [0.15, 0.2) is 24.3 Å². The maximum Gasteiger partial charge on any atom is 0.0839 e. The third-order valence-electron chi connectivity index (χ3n) is 3.74. The zero-order valence-corrected chi connectivity index (χ0v) is 13.8. The van der Waals surface area contributed by atoms with Gasteiger partial charge in [-0.3, -0.25) is 4.90 Å². The van der Waals surface area contributed by atoms with Gasteiger partial charge < -0.3 is 10.4 Å². The van der Waals surface area contributed by atoms with Gasteiger partial charge >= 0.3 is 0 Å². The number of hydrogen-bond donors (Lipinski definition) is 2. The second kappa shape index (κ2) is 7.09. The minimum atomic E-state index is -0.376. The molecule has 0 heterocycles. The fourth-order valence-corrected chi connectivity index (χ4v) is 2.04. The fraction of sp³-hybridized carbons (Fsp3) is 0.647. The molecule has 0 amide bonds. The van der Waals surface area contributed by atoms with Gasteiger partial charge in [0.15, 0.2) is 0 Å². The third-order valence-corrected chi connectivity index (χ3v) is 3.74. The minimum absolute atomic E-state index is 0.0802. The van der Waals surface area contributed by atoms with Crippen molar-refractivity contribution in [3.8, 4) is 0 Å². The Morgan fingerprint density at radius 3 is 2.35 bits per heavy atom. The highest BCUT2D eigenvalue weighted by Gasteiger charge is 2.19. The zero-order chi connectivity index (χ0) is 15.3. The highest BCUT2D eigenvalue weighted by atomic mass is 16.3. The lowest BCUT2D eigenvalue weighted by atomic mass is 10.0. The normalized spacial score (nSPS) is 13.8. The molecule has 0 aliphatic rings. The molecule has 1 unspecified atom stereocenters. The van der Waals surface area contributed by atoms with Gasteiger partial charge in [-0.1, -0.05) is 32.0 Å². The Labute approximate surface area is 124 Å². The van der Waals surface area contributed by atoms with Crippen molar-refractivity contribution in [3.63, 3.8) is 0 Å². The summed E-state index contributed by atoms with van der Waals surface area (Å²) in [6.07, 6.45) is -0.376. The maximum atomic E-state index is 10.2. The number of nitrogens with zero attached hydrogens (tertiary/aromatic N) is 1. The number of anilines is 1. The smallest absolute Gasteiger partial charge is 0.0839 e. The molecule has 0 spiro atoms. The number of β-amino-alcohol motifs (C(OH)–C–C–N with tert-alkyl or cyclic N) is 1. The molecule has 20 heavy (non-hydrogen) atoms. The van der Waals surface area contributed by atoms with E-state index in [4.69, 9.17) is 0 Å². The van der Waals surface area contributed by atoms with E-state index in [0.717, 1.165) is 5.69 Å². The first-order chi connectivity index (χ1) is 9.21. The molecule has 0 saturated carbocycles. The summed E-state index contributed by atoms with van der Waals surface area (Å²) in [7, 11) is 2.05. The zero-order valence-electron chi connectivity index (χ0n) is 13.8. The van der Waals surface area contributed by atoms with Gasteiger partial charge in [0, 0.05) is 24.3 Å². The molecule has 0 aliphatic heterocycles. The number of hydrogen-bond acceptors (Lipinski definition) is 3. The molecular formula is C17H30N2O. The Morgan fingerprint density at radius 1 is 1.20 bits per heavy atom. The summed E-state index contributed by atoms with van der Waals surface area (Å²) in [5, 5.41) is 13.5. The third kappa shape index (κ3) is 5.14. The Morgan fingerprint density at radius 2 is 1.80 bits per heavy atom. The van der Waals surface area contributed by atoms with Crippen LogP contribution in [0.4, 0.5) is 5.69 Å². The lowest BCUT2D eigenvalue weighted by Crippen LogP contribution is -2.44. The number of likely N-dealkylation sites (N-methyl/N-ethyl adjacent to an activating group) is 1. The van der Waals surface area contributed by atoms with Crippen LogP contribution in [-0.2, 0) is 0 Å². The van der Waals surface area contributed by atoms with Crippen LogP contribution >= 0.6 is 0 Å². The summed E-state index contributed by atoms with van der Waals surface area (Å²) < 4.78 is 0. The molecule has 3 nitrogen and oxygen atoms in total. The monoisotopic (exact) mass is 278 g/mol. The van der Waals surface area contributed by atoms with E-state index in [1.807, 2.05) is 13.1 Å². The van der Waals surface area contributed by atoms with Gasteiger partial charge in [0.1, 0.15) is 0 Å². The Hall–Kier alpha value is -1.06. The van der Waals surface area contributed by atoms with Crippen molar-refractivity contribution in [1.82, 2.24) is 4.90 Å². The van der Waals surface area contributed by atoms with Crippen molar-refractivity contribution in [2.45, 2.75) is 52.2 Å². The Balaban J connectivity index is 2.55. The van der Waals surface area contributed by atoms with E-state index < -0.39 is 0 Å². The molecule has 1 aromatic carbocycles. The van der Waals surface area contributed by atoms with E-state index in [1.54, 1.807) is 0 Å². The number of aliphatic hydroxyl groups excluding tert-OH is 1. The van der Waals surface area contributed by atoms with Crippen molar-refractivity contribution >= 4 is 5.69 Å². The first kappa shape index (κ1) is 17.0. The Bertz CT molecular complexity index is 410. The summed E-state index contributed by atoms with van der Waals surface area (Å²) in [5.41, 5.74) is 2.50. The van der Waals surface area contributed by atoms with Gasteiger partial charge in [-0.2, -0.15) is 0 Å². The first-order valence-electron chi connectivity index (χ1n) is 7.44. The molecule has 1 rings (SSSR count). The lowest BCUT2D eigenvalue weighted by Gasteiger charge is -2.33. The molecule has 114 valence electrons. The van der Waals surface area contributed by atoms with Crippen LogP contribution in [0.5, 0.6) is 0 Å². The van der Waals surface area contributed by atoms with E-state index in [1.165, 1.54) is 5.56 Å². The summed E-state index contributed by atoms with van der Waals surface area (Å²) >= 11 is 0. The van der Waals surface area contributed by atoms with E-state index in [-0.39, 0.29) is 11.6 Å². The van der Waals surface area contributed by atoms with E-state index in [0.29, 0.717) is 19.0 Å². The van der Waals surface area contributed by atoms with Crippen LogP contribution in [-0.4, -0.2) is 41.8 Å². The van der Waals surface area contributed by atoms with Gasteiger partial charge in [0.25, 0.3) is 0 Å². The minimum Gasteiger partial charge on any atom is -0.390 e. The topological polar surface area (TPSA) is 35.5 Å². The quantitative estimate of drug-likeness (QED) is 0.838.